The average Bonchev–Trinajstić information content (AvgIpc) is 2.95. The van der Waals surface area contributed by atoms with E-state index in [1.165, 1.54) is 18.2 Å². The summed E-state index contributed by atoms with van der Waals surface area (Å²) in [5.41, 5.74) is 0.579. The van der Waals surface area contributed by atoms with Gasteiger partial charge in [-0.05, 0) is 29.3 Å². The summed E-state index contributed by atoms with van der Waals surface area (Å²) < 4.78 is 16.1. The van der Waals surface area contributed by atoms with Gasteiger partial charge in [-0.3, -0.25) is 4.79 Å². The molecule has 1 fully saturated rings. The van der Waals surface area contributed by atoms with Crippen molar-refractivity contribution < 1.29 is 59.5 Å². The van der Waals surface area contributed by atoms with Gasteiger partial charge in [0.25, 0.3) is 0 Å². The summed E-state index contributed by atoms with van der Waals surface area (Å²) in [5, 5.41) is 80.3. The minimum Gasteiger partial charge on any atom is -0.508 e. The van der Waals surface area contributed by atoms with Gasteiger partial charge < -0.3 is 54.7 Å². The van der Waals surface area contributed by atoms with Crippen molar-refractivity contribution in [1.82, 2.24) is 0 Å². The first kappa shape index (κ1) is 28.6. The lowest BCUT2D eigenvalue weighted by Gasteiger charge is -2.43. The highest BCUT2D eigenvalue weighted by Gasteiger charge is 2.58. The maximum Gasteiger partial charge on any atom is 0.335 e. The third-order valence-corrected chi connectivity index (χ3v) is 6.67. The summed E-state index contributed by atoms with van der Waals surface area (Å²) in [7, 11) is 0. The lowest BCUT2D eigenvalue weighted by molar-refractivity contribution is -0.369. The van der Waals surface area contributed by atoms with Crippen molar-refractivity contribution in [2.75, 3.05) is 0 Å². The molecule has 5 rings (SSSR count). The van der Waals surface area contributed by atoms with E-state index < -0.39 is 64.4 Å². The van der Waals surface area contributed by atoms with Crippen LogP contribution in [0, 0.1) is 0 Å². The number of fused-ring (bicyclic) bond motifs is 1. The van der Waals surface area contributed by atoms with E-state index in [0.29, 0.717) is 11.1 Å². The standard InChI is InChI=1S/C29H24O13/c30-15-8-9-16(14(10-15)7-6-13-4-2-1-3-5-13)18-11-17(31)21-19(40-18)12-20(22(32)23(21)33)41-28-26(35)29(38,39)25(34)24(42-28)27(36)37/h1-12,24-26,28,30,32-35,38-39H,(H,36,37)/t24-,25+,26-,28-/m0/s1. The number of aromatic hydroxyl groups is 3. The molecule has 2 heterocycles. The van der Waals surface area contributed by atoms with Crippen LogP contribution in [-0.2, 0) is 9.53 Å². The first-order valence-electron chi connectivity index (χ1n) is 12.3. The smallest absolute Gasteiger partial charge is 0.335 e. The summed E-state index contributed by atoms with van der Waals surface area (Å²) >= 11 is 0. The fraction of sp³-hybridized carbons (Fsp3) is 0.172. The molecular weight excluding hydrogens is 556 g/mol. The Kier molecular flexibility index (Phi) is 7.36. The number of aliphatic hydroxyl groups excluding tert-OH is 2. The minimum absolute atomic E-state index is 0.0102. The van der Waals surface area contributed by atoms with E-state index in [9.17, 15) is 50.4 Å². The number of hydrogen-bond donors (Lipinski definition) is 8. The van der Waals surface area contributed by atoms with Gasteiger partial charge in [-0.25, -0.2) is 4.79 Å². The van der Waals surface area contributed by atoms with Crippen LogP contribution in [0.5, 0.6) is 23.0 Å². The molecular formula is C29H24O13. The van der Waals surface area contributed by atoms with Gasteiger partial charge >= 0.3 is 5.97 Å². The lowest BCUT2D eigenvalue weighted by Crippen LogP contribution is -2.69. The minimum atomic E-state index is -3.40. The van der Waals surface area contributed by atoms with Crippen LogP contribution in [0.2, 0.25) is 0 Å². The van der Waals surface area contributed by atoms with E-state index in [1.54, 1.807) is 12.2 Å². The normalized spacial score (nSPS) is 21.9. The molecule has 8 N–H and O–H groups in total. The number of carboxylic acids is 1. The highest BCUT2D eigenvalue weighted by Crippen LogP contribution is 2.43. The van der Waals surface area contributed by atoms with Crippen molar-refractivity contribution in [2.24, 2.45) is 0 Å². The Balaban J connectivity index is 1.58. The highest BCUT2D eigenvalue weighted by atomic mass is 16.7. The molecule has 0 spiro atoms. The molecule has 4 aromatic rings. The monoisotopic (exact) mass is 580 g/mol. The first-order chi connectivity index (χ1) is 19.9. The van der Waals surface area contributed by atoms with Crippen LogP contribution in [0.15, 0.2) is 69.9 Å². The third-order valence-electron chi connectivity index (χ3n) is 6.67. The number of carbonyl (C=O) groups is 1. The van der Waals surface area contributed by atoms with Crippen LogP contribution < -0.4 is 10.2 Å². The number of rotatable bonds is 6. The van der Waals surface area contributed by atoms with E-state index in [2.05, 4.69) is 0 Å². The topological polar surface area (TPSA) is 228 Å². The van der Waals surface area contributed by atoms with E-state index in [4.69, 9.17) is 13.9 Å². The Morgan fingerprint density at radius 2 is 1.62 bits per heavy atom. The lowest BCUT2D eigenvalue weighted by atomic mass is 9.95. The zero-order valence-electron chi connectivity index (χ0n) is 21.4. The Labute approximate surface area is 235 Å². The zero-order valence-corrected chi connectivity index (χ0v) is 21.4. The fourth-order valence-electron chi connectivity index (χ4n) is 4.46. The van der Waals surface area contributed by atoms with Gasteiger partial charge in [-0.2, -0.15) is 0 Å². The largest absolute Gasteiger partial charge is 0.508 e. The molecule has 0 unspecified atom stereocenters. The quantitative estimate of drug-likeness (QED) is 0.0916. The summed E-state index contributed by atoms with van der Waals surface area (Å²) in [6.45, 7) is 0. The van der Waals surface area contributed by atoms with E-state index in [-0.39, 0.29) is 17.1 Å². The molecule has 3 aromatic carbocycles. The molecule has 218 valence electrons. The third kappa shape index (κ3) is 5.13. The molecule has 1 saturated heterocycles. The van der Waals surface area contributed by atoms with Crippen LogP contribution in [0.3, 0.4) is 0 Å². The van der Waals surface area contributed by atoms with Crippen molar-refractivity contribution >= 4 is 29.1 Å². The summed E-state index contributed by atoms with van der Waals surface area (Å²) in [6.07, 6.45) is -5.91. The number of aliphatic hydroxyl groups is 4. The molecule has 0 bridgehead atoms. The molecule has 13 nitrogen and oxygen atoms in total. The number of phenolic OH excluding ortho intramolecular Hbond substituents is 3. The van der Waals surface area contributed by atoms with Gasteiger partial charge in [0.1, 0.15) is 28.6 Å². The summed E-state index contributed by atoms with van der Waals surface area (Å²) in [5.74, 6) is -8.01. The zero-order chi connectivity index (χ0) is 30.3. The van der Waals surface area contributed by atoms with Gasteiger partial charge in [0.05, 0.1) is 0 Å². The number of hydrogen-bond acceptors (Lipinski definition) is 12. The average molecular weight is 580 g/mol. The van der Waals surface area contributed by atoms with Gasteiger partial charge in [-0.15, -0.1) is 0 Å². The molecule has 13 heteroatoms. The molecule has 1 aliphatic rings. The van der Waals surface area contributed by atoms with Crippen molar-refractivity contribution in [2.45, 2.75) is 30.4 Å². The number of phenols is 3. The molecule has 1 aliphatic heterocycles. The second kappa shape index (κ2) is 10.8. The molecule has 1 aromatic heterocycles. The second-order valence-electron chi connectivity index (χ2n) is 9.49. The van der Waals surface area contributed by atoms with Gasteiger partial charge in [0, 0.05) is 17.7 Å². The molecule has 4 atom stereocenters. The molecule has 0 radical (unpaired) electrons. The highest BCUT2D eigenvalue weighted by molar-refractivity contribution is 5.90. The molecule has 0 saturated carbocycles. The summed E-state index contributed by atoms with van der Waals surface area (Å²) in [4.78, 5) is 24.5. The van der Waals surface area contributed by atoms with Gasteiger partial charge in [0.15, 0.2) is 29.1 Å². The fourth-order valence-corrected chi connectivity index (χ4v) is 4.46. The van der Waals surface area contributed by atoms with Crippen molar-refractivity contribution in [3.8, 4) is 34.3 Å². The number of aliphatic carboxylic acids is 1. The maximum atomic E-state index is 13.0. The Hall–Kier alpha value is -4.92. The second-order valence-corrected chi connectivity index (χ2v) is 9.49. The Morgan fingerprint density at radius 3 is 2.31 bits per heavy atom. The predicted molar refractivity (Wildman–Crippen MR) is 144 cm³/mol. The van der Waals surface area contributed by atoms with E-state index in [1.807, 2.05) is 30.3 Å². The van der Waals surface area contributed by atoms with Crippen LogP contribution in [-0.4, -0.2) is 77.2 Å². The van der Waals surface area contributed by atoms with Crippen molar-refractivity contribution in [1.29, 1.82) is 0 Å². The van der Waals surface area contributed by atoms with Crippen LogP contribution in [0.4, 0.5) is 0 Å². The predicted octanol–water partition coefficient (Wildman–Crippen LogP) is 1.34. The van der Waals surface area contributed by atoms with Crippen LogP contribution in [0.25, 0.3) is 34.4 Å². The van der Waals surface area contributed by atoms with Gasteiger partial charge in [-0.1, -0.05) is 42.5 Å². The number of ether oxygens (including phenoxy) is 2. The van der Waals surface area contributed by atoms with E-state index >= 15 is 0 Å². The molecule has 0 amide bonds. The first-order valence-corrected chi connectivity index (χ1v) is 12.3. The summed E-state index contributed by atoms with van der Waals surface area (Å²) in [6, 6.07) is 15.5. The number of carboxylic acid groups (broad SMARTS) is 1. The van der Waals surface area contributed by atoms with Gasteiger partial charge in [0.2, 0.25) is 17.8 Å². The maximum absolute atomic E-state index is 13.0. The van der Waals surface area contributed by atoms with Crippen LogP contribution in [0.1, 0.15) is 11.1 Å². The van der Waals surface area contributed by atoms with E-state index in [0.717, 1.165) is 17.7 Å². The molecule has 42 heavy (non-hydrogen) atoms. The Bertz CT molecular complexity index is 1740. The van der Waals surface area contributed by atoms with Crippen LogP contribution >= 0.6 is 0 Å². The Morgan fingerprint density at radius 1 is 0.905 bits per heavy atom. The SMILES string of the molecule is O=C(O)[C@H]1O[C@H](Oc2cc3oc(-c4ccc(O)cc4C=Cc4ccccc4)cc(=O)c3c(O)c2O)[C@H](O)C(O)(O)[C@@H]1O. The van der Waals surface area contributed by atoms with Crippen molar-refractivity contribution in [3.05, 3.63) is 82.0 Å². The molecule has 0 aliphatic carbocycles. The number of benzene rings is 3. The van der Waals surface area contributed by atoms with Crippen molar-refractivity contribution in [3.63, 3.8) is 0 Å².